The van der Waals surface area contributed by atoms with Crippen LogP contribution >= 0.6 is 31.9 Å². The summed E-state index contributed by atoms with van der Waals surface area (Å²) in [5, 5.41) is 78.8. The average Bonchev–Trinajstić information content (AvgIpc) is 1.62. The first-order chi connectivity index (χ1) is 61.3. The van der Waals surface area contributed by atoms with Crippen molar-refractivity contribution in [3.63, 3.8) is 0 Å². The van der Waals surface area contributed by atoms with Crippen LogP contribution in [-0.4, -0.2) is 93.3 Å². The minimum absolute atomic E-state index is 0.0302. The Kier molecular flexibility index (Phi) is 31.8. The van der Waals surface area contributed by atoms with Gasteiger partial charge in [0.2, 0.25) is 5.69 Å². The molecule has 14 rings (SSSR count). The van der Waals surface area contributed by atoms with E-state index in [2.05, 4.69) is 98.0 Å². The number of methoxy groups -OCH3 is 3. The number of nitrogens with one attached hydrogen (secondary N) is 3. The Labute approximate surface area is 734 Å². The van der Waals surface area contributed by atoms with E-state index in [9.17, 15) is 60.0 Å². The zero-order valence-corrected chi connectivity index (χ0v) is 69.1. The van der Waals surface area contributed by atoms with Crippen molar-refractivity contribution in [1.29, 1.82) is 15.8 Å². The van der Waals surface area contributed by atoms with E-state index in [1.165, 1.54) is 91.9 Å². The molecule has 0 atom stereocenters. The molecule has 6 aromatic carbocycles. The number of oxazole rings is 3. The number of nitrogens with two attached hydrogens (primary N) is 2. The van der Waals surface area contributed by atoms with E-state index in [1.54, 1.807) is 76.1 Å². The van der Waals surface area contributed by atoms with Crippen LogP contribution in [0.4, 0.5) is 80.3 Å². The van der Waals surface area contributed by atoms with Crippen LogP contribution in [0.3, 0.4) is 0 Å². The third-order valence-electron chi connectivity index (χ3n) is 16.9. The molecule has 8 aromatic heterocycles. The third-order valence-corrected chi connectivity index (χ3v) is 17.7. The Morgan fingerprint density at radius 3 is 1.09 bits per heavy atom. The van der Waals surface area contributed by atoms with Gasteiger partial charge in [-0.1, -0.05) is 83.1 Å². The number of pyridine rings is 5. The van der Waals surface area contributed by atoms with Crippen LogP contribution in [0.5, 0.6) is 40.2 Å². The van der Waals surface area contributed by atoms with Crippen LogP contribution in [0, 0.1) is 44.1 Å². The minimum atomic E-state index is -4.43. The second-order valence-electron chi connectivity index (χ2n) is 25.4. The summed E-state index contributed by atoms with van der Waals surface area (Å²) < 4.78 is 165. The number of nitro groups is 1. The molecule has 0 saturated heterocycles. The van der Waals surface area contributed by atoms with Gasteiger partial charge in [-0.2, -0.15) is 55.3 Å². The number of alkyl halides is 9. The Bertz CT molecular complexity index is 6340. The maximum atomic E-state index is 12.8. The van der Waals surface area contributed by atoms with E-state index in [-0.39, 0.29) is 112 Å². The zero-order chi connectivity index (χ0) is 92.2. The first-order valence-electron chi connectivity index (χ1n) is 36.1. The van der Waals surface area contributed by atoms with Crippen molar-refractivity contribution in [3.05, 3.63) is 306 Å². The van der Waals surface area contributed by atoms with Gasteiger partial charge in [0.1, 0.15) is 61.0 Å². The van der Waals surface area contributed by atoms with Crippen molar-refractivity contribution in [1.82, 2.24) is 39.9 Å². The van der Waals surface area contributed by atoms with Gasteiger partial charge in [-0.05, 0) is 127 Å². The molecule has 14 aromatic rings. The normalized spacial score (nSPS) is 11.1. The number of oxime groups is 2. The average molecular weight is 1890 g/mol. The number of halogens is 11. The summed E-state index contributed by atoms with van der Waals surface area (Å²) in [7, 11) is 4.77. The predicted octanol–water partition coefficient (Wildman–Crippen LogP) is 19.4. The van der Waals surface area contributed by atoms with Crippen LogP contribution in [0.2, 0.25) is 0 Å². The minimum Gasteiger partial charge on any atom is -0.505 e. The molecule has 10 N–H and O–H groups in total. The number of ether oxygens (including phenoxy) is 6. The van der Waals surface area contributed by atoms with E-state index >= 15 is 0 Å². The van der Waals surface area contributed by atoms with Crippen molar-refractivity contribution in [3.8, 4) is 92.4 Å². The number of nitriles is 3. The Balaban J connectivity index is 0.000000173. The highest BCUT2D eigenvalue weighted by Crippen LogP contribution is 2.38. The quantitative estimate of drug-likeness (QED) is 0.00695. The van der Waals surface area contributed by atoms with E-state index < -0.39 is 40.1 Å². The molecule has 128 heavy (non-hydrogen) atoms. The van der Waals surface area contributed by atoms with Crippen LogP contribution in [0.1, 0.15) is 61.9 Å². The molecule has 0 radical (unpaired) electrons. The summed E-state index contributed by atoms with van der Waals surface area (Å²) in [6, 6.07) is 48.8. The largest absolute Gasteiger partial charge is 0.505 e. The van der Waals surface area contributed by atoms with Crippen molar-refractivity contribution >= 4 is 84.3 Å². The maximum absolute atomic E-state index is 12.8. The maximum Gasteiger partial charge on any atom is 0.416 e. The molecule has 0 spiro atoms. The molecule has 654 valence electrons. The fourth-order valence-corrected chi connectivity index (χ4v) is 11.1. The van der Waals surface area contributed by atoms with Gasteiger partial charge in [-0.15, -0.1) is 0 Å². The number of hydrogen-bond acceptors (Lipinski definition) is 30. The number of aromatic hydroxyl groups is 1. The number of anilines is 6. The van der Waals surface area contributed by atoms with Gasteiger partial charge < -0.3 is 84.6 Å². The van der Waals surface area contributed by atoms with Gasteiger partial charge in [-0.25, -0.2) is 39.9 Å². The lowest BCUT2D eigenvalue weighted by atomic mass is 10.1. The van der Waals surface area contributed by atoms with Crippen LogP contribution < -0.4 is 55.8 Å². The standard InChI is InChI=1S/C24H20F3N5O4.C24H17F3N4O3.C16H12F3N5O3.C14H11BrN2O2.C6H2BrN3O2/c1-34-18-8-2-14(3-9-18)13-35-19-10-17(11-29-21(19)22(28)32-33)31-23-30-12-20(36-23)15-4-6-16(7-5-15)24(25,26)27;1-32-19-8-2-15(3-9-19)14-33-21-10-18(12-29-20(21)11-28)31-23-30-13-22(34-23)16-4-6-17(7-5-16)24(25,26)27;17-16(18,19)9-3-1-8(2-4-9)12-7-22-15(27-12)23-10-5-11(25)13(21-6-10)14(20)24-26;1-18-12-4-2-10(3-5-12)9-19-14-6-11(15)8-17-13(14)7-16;7-4-1-6(10(11)12)5(2-8)9-3-4/h2-12,33H,13H2,1H3,(H2,28,32)(H,30,31);2-10,12-13H,14H2,1H3,(H,30,31);1-7,25-26H,(H2,20,24)(H,22,23);2-6,8H,9H2,1H3;1,3H. The second kappa shape index (κ2) is 43.5. The summed E-state index contributed by atoms with van der Waals surface area (Å²) in [6.45, 7) is 0.746. The number of nitrogens with zero attached hydrogens (tertiary/aromatic N) is 14. The van der Waals surface area contributed by atoms with Crippen molar-refractivity contribution in [2.24, 2.45) is 21.8 Å². The highest BCUT2D eigenvalue weighted by atomic mass is 79.9. The first kappa shape index (κ1) is 93.7. The van der Waals surface area contributed by atoms with Crippen molar-refractivity contribution in [2.75, 3.05) is 37.3 Å². The van der Waals surface area contributed by atoms with Gasteiger partial charge in [0.05, 0.1) is 97.2 Å². The molecule has 0 unspecified atom stereocenters. The Hall–Kier alpha value is -16.6. The number of amidine groups is 2. The molecule has 8 heterocycles. The molecular weight excluding hydrogens is 1830 g/mol. The lowest BCUT2D eigenvalue weighted by Gasteiger charge is -2.12. The molecule has 33 nitrogen and oxygen atoms in total. The molecule has 0 aliphatic carbocycles. The molecule has 44 heteroatoms. The summed E-state index contributed by atoms with van der Waals surface area (Å²) in [4.78, 5) is 41.5. The van der Waals surface area contributed by atoms with Gasteiger partial charge in [0.15, 0.2) is 69.0 Å². The number of hydrogen-bond donors (Lipinski definition) is 8. The fourth-order valence-electron chi connectivity index (χ4n) is 10.5. The number of rotatable bonds is 24. The number of aromatic nitrogens is 8. The fraction of sp³-hybridized carbons (Fsp3) is 0.107. The molecule has 0 aliphatic rings. The van der Waals surface area contributed by atoms with E-state index in [0.29, 0.717) is 56.3 Å². The lowest BCUT2D eigenvalue weighted by molar-refractivity contribution is -0.385. The van der Waals surface area contributed by atoms with Crippen LogP contribution in [-0.2, 0) is 38.3 Å². The van der Waals surface area contributed by atoms with Crippen molar-refractivity contribution in [2.45, 2.75) is 38.3 Å². The number of benzene rings is 6. The van der Waals surface area contributed by atoms with Crippen molar-refractivity contribution < 1.29 is 102 Å². The smallest absolute Gasteiger partial charge is 0.416 e. The Morgan fingerprint density at radius 1 is 0.438 bits per heavy atom. The summed E-state index contributed by atoms with van der Waals surface area (Å²) in [5.41, 5.74) is 13.9. The highest BCUT2D eigenvalue weighted by Gasteiger charge is 2.33. The van der Waals surface area contributed by atoms with Gasteiger partial charge in [-0.3, -0.25) is 10.1 Å². The Morgan fingerprint density at radius 2 is 0.750 bits per heavy atom. The molecular formula is C84H62Br2F9N19O14. The summed E-state index contributed by atoms with van der Waals surface area (Å²) >= 11 is 6.32. The molecule has 0 amide bonds. The topological polar surface area (TPSA) is 486 Å². The van der Waals surface area contributed by atoms with Gasteiger partial charge in [0, 0.05) is 62.3 Å². The molecule has 0 bridgehead atoms. The monoisotopic (exact) mass is 1890 g/mol. The van der Waals surface area contributed by atoms with Crippen LogP contribution in [0.25, 0.3) is 34.0 Å². The molecule has 0 fully saturated rings. The van der Waals surface area contributed by atoms with Gasteiger partial charge >= 0.3 is 24.2 Å². The first-order valence-corrected chi connectivity index (χ1v) is 37.7. The molecule has 0 saturated carbocycles. The van der Waals surface area contributed by atoms with E-state index in [1.807, 2.05) is 60.7 Å². The SMILES string of the molecule is COc1ccc(COc2cc(Br)cnc2C#N)cc1.COc1ccc(COc2cc(Nc3ncc(-c4ccc(C(F)(F)F)cc4)o3)cnc2/C(N)=N/O)cc1.COc1ccc(COc2cc(Nc3ncc(-c4ccc(C(F)(F)F)cc4)o3)cnc2C#N)cc1.N#Cc1ncc(Br)cc1[N+](=O)[O-].N/C(=N\O)c1ncc(Nc2ncc(-c3ccc(C(F)(F)F)cc3)o2)cc1O. The third kappa shape index (κ3) is 26.5. The van der Waals surface area contributed by atoms with Crippen LogP contribution in [0.15, 0.2) is 258 Å². The van der Waals surface area contributed by atoms with E-state index in [0.717, 1.165) is 69.1 Å². The molecule has 0 aliphatic heterocycles. The zero-order valence-electron chi connectivity index (χ0n) is 65.9. The summed E-state index contributed by atoms with van der Waals surface area (Å²) in [5.74, 6) is 3.02. The predicted molar refractivity (Wildman–Crippen MR) is 447 cm³/mol. The second-order valence-corrected chi connectivity index (χ2v) is 27.2. The van der Waals surface area contributed by atoms with E-state index in [4.69, 9.17) is 74.1 Å². The lowest BCUT2D eigenvalue weighted by Crippen LogP contribution is -2.17. The summed E-state index contributed by atoms with van der Waals surface area (Å²) in [6.07, 6.45) is -2.14. The van der Waals surface area contributed by atoms with Gasteiger partial charge in [0.25, 0.3) is 18.0 Å². The highest BCUT2D eigenvalue weighted by molar-refractivity contribution is 9.10.